The van der Waals surface area contributed by atoms with E-state index in [0.717, 1.165) is 30.6 Å². The highest BCUT2D eigenvalue weighted by atomic mass is 19.1. The molecule has 1 atom stereocenters. The molecule has 1 unspecified atom stereocenters. The summed E-state index contributed by atoms with van der Waals surface area (Å²) < 4.78 is 18.8. The van der Waals surface area contributed by atoms with Crippen molar-refractivity contribution in [2.24, 2.45) is 5.92 Å². The van der Waals surface area contributed by atoms with E-state index in [-0.39, 0.29) is 23.7 Å². The second-order valence-electron chi connectivity index (χ2n) is 8.53. The molecule has 34 heavy (non-hydrogen) atoms. The summed E-state index contributed by atoms with van der Waals surface area (Å²) in [4.78, 5) is 12.0. The fourth-order valence-electron chi connectivity index (χ4n) is 3.38. The summed E-state index contributed by atoms with van der Waals surface area (Å²) in [6.07, 6.45) is 4.32. The Balaban J connectivity index is 0.000000396. The highest BCUT2D eigenvalue weighted by Gasteiger charge is 2.26. The zero-order valence-electron chi connectivity index (χ0n) is 19.7. The summed E-state index contributed by atoms with van der Waals surface area (Å²) in [5.74, 6) is 0.600. The van der Waals surface area contributed by atoms with Crippen molar-refractivity contribution in [3.05, 3.63) is 89.7 Å². The number of carbonyl (C=O) groups excluding carboxylic acids is 1. The Morgan fingerprint density at radius 2 is 1.82 bits per heavy atom. The fourth-order valence-corrected chi connectivity index (χ4v) is 3.38. The van der Waals surface area contributed by atoms with Gasteiger partial charge in [-0.15, -0.1) is 0 Å². The quantitative estimate of drug-likeness (QED) is 0.347. The lowest BCUT2D eigenvalue weighted by molar-refractivity contribution is -0.128. The van der Waals surface area contributed by atoms with Crippen LogP contribution in [0.3, 0.4) is 0 Å². The number of hydrogen-bond donors (Lipinski definition) is 3. The van der Waals surface area contributed by atoms with E-state index < -0.39 is 0 Å². The van der Waals surface area contributed by atoms with Gasteiger partial charge in [0, 0.05) is 29.1 Å². The van der Waals surface area contributed by atoms with Gasteiger partial charge in [-0.05, 0) is 69.2 Å². The van der Waals surface area contributed by atoms with Gasteiger partial charge in [-0.25, -0.2) is 4.39 Å². The van der Waals surface area contributed by atoms with Crippen molar-refractivity contribution in [3.8, 4) is 5.75 Å². The minimum absolute atomic E-state index is 0.0847. The number of aryl methyl sites for hydroxylation is 1. The molecule has 0 aromatic heterocycles. The number of anilines is 2. The molecule has 1 fully saturated rings. The number of benzene rings is 3. The first kappa shape index (κ1) is 25.0. The summed E-state index contributed by atoms with van der Waals surface area (Å²) in [6, 6.07) is 21.6. The maximum Gasteiger partial charge on any atom is 0.223 e. The van der Waals surface area contributed by atoms with Crippen molar-refractivity contribution in [2.75, 3.05) is 11.9 Å². The molecule has 178 valence electrons. The second-order valence-corrected chi connectivity index (χ2v) is 8.53. The average molecular weight is 462 g/mol. The van der Waals surface area contributed by atoms with Gasteiger partial charge in [0.1, 0.15) is 18.2 Å². The standard InChI is InChI=1S/C21H24FN3O2.C7H8/c1-14(24-21(26)15-3-2-4-15)13-27-19-9-10-20(16(11-19)12-23)25-18-7-5-17(22)6-8-18;1-7-5-3-2-4-6-7/h5-12,14-15,23,25H,2-4,13H2,1H3,(H,24,26);2-6H,1H3. The minimum atomic E-state index is -0.296. The highest BCUT2D eigenvalue weighted by Crippen LogP contribution is 2.27. The molecule has 0 saturated heterocycles. The van der Waals surface area contributed by atoms with Crippen LogP contribution in [0.4, 0.5) is 15.8 Å². The number of halogens is 1. The normalized spacial score (nSPS) is 13.5. The van der Waals surface area contributed by atoms with Crippen LogP contribution in [-0.4, -0.2) is 24.8 Å². The van der Waals surface area contributed by atoms with E-state index in [1.807, 2.05) is 31.2 Å². The van der Waals surface area contributed by atoms with Gasteiger partial charge >= 0.3 is 0 Å². The van der Waals surface area contributed by atoms with Crippen LogP contribution in [-0.2, 0) is 4.79 Å². The van der Waals surface area contributed by atoms with Crippen molar-refractivity contribution in [1.82, 2.24) is 5.32 Å². The van der Waals surface area contributed by atoms with E-state index in [2.05, 4.69) is 29.7 Å². The van der Waals surface area contributed by atoms with Crippen LogP contribution in [0.2, 0.25) is 0 Å². The molecular formula is C28H32FN3O2. The average Bonchev–Trinajstić information content (AvgIpc) is 2.79. The predicted octanol–water partition coefficient (Wildman–Crippen LogP) is 6.25. The number of hydrogen-bond acceptors (Lipinski definition) is 4. The highest BCUT2D eigenvalue weighted by molar-refractivity contribution is 5.88. The lowest BCUT2D eigenvalue weighted by Gasteiger charge is -2.26. The Hall–Kier alpha value is -3.67. The first-order valence-corrected chi connectivity index (χ1v) is 11.6. The zero-order chi connectivity index (χ0) is 24.3. The third kappa shape index (κ3) is 7.73. The molecule has 6 heteroatoms. The van der Waals surface area contributed by atoms with Gasteiger partial charge in [0.25, 0.3) is 0 Å². The Labute approximate surface area is 200 Å². The van der Waals surface area contributed by atoms with E-state index in [1.165, 1.54) is 23.9 Å². The third-order valence-corrected chi connectivity index (χ3v) is 5.61. The molecule has 5 nitrogen and oxygen atoms in total. The third-order valence-electron chi connectivity index (χ3n) is 5.61. The van der Waals surface area contributed by atoms with Gasteiger partial charge < -0.3 is 20.8 Å². The fraction of sp³-hybridized carbons (Fsp3) is 0.286. The smallest absolute Gasteiger partial charge is 0.223 e. The van der Waals surface area contributed by atoms with E-state index in [4.69, 9.17) is 10.1 Å². The Kier molecular flexibility index (Phi) is 9.21. The maximum atomic E-state index is 13.0. The largest absolute Gasteiger partial charge is 0.491 e. The Morgan fingerprint density at radius 1 is 1.12 bits per heavy atom. The predicted molar refractivity (Wildman–Crippen MR) is 136 cm³/mol. The van der Waals surface area contributed by atoms with Crippen molar-refractivity contribution < 1.29 is 13.9 Å². The van der Waals surface area contributed by atoms with Gasteiger partial charge in [-0.2, -0.15) is 0 Å². The number of carbonyl (C=O) groups is 1. The summed E-state index contributed by atoms with van der Waals surface area (Å²) >= 11 is 0. The van der Waals surface area contributed by atoms with Gasteiger partial charge in [-0.1, -0.05) is 42.3 Å². The molecule has 1 aliphatic rings. The van der Waals surface area contributed by atoms with Crippen LogP contribution in [0.25, 0.3) is 0 Å². The van der Waals surface area contributed by atoms with Crippen LogP contribution in [0, 0.1) is 24.1 Å². The van der Waals surface area contributed by atoms with E-state index in [0.29, 0.717) is 17.9 Å². The zero-order valence-corrected chi connectivity index (χ0v) is 19.7. The molecule has 0 heterocycles. The second kappa shape index (κ2) is 12.5. The molecule has 0 aliphatic heterocycles. The molecular weight excluding hydrogens is 429 g/mol. The Bertz CT molecular complexity index is 1070. The van der Waals surface area contributed by atoms with Crippen molar-refractivity contribution in [3.63, 3.8) is 0 Å². The van der Waals surface area contributed by atoms with Gasteiger partial charge in [0.05, 0.1) is 6.04 Å². The van der Waals surface area contributed by atoms with Crippen LogP contribution >= 0.6 is 0 Å². The molecule has 1 saturated carbocycles. The van der Waals surface area contributed by atoms with Crippen molar-refractivity contribution in [2.45, 2.75) is 39.2 Å². The molecule has 4 rings (SSSR count). The summed E-state index contributed by atoms with van der Waals surface area (Å²) in [6.45, 7) is 4.36. The van der Waals surface area contributed by atoms with E-state index in [1.54, 1.807) is 24.3 Å². The monoisotopic (exact) mass is 461 g/mol. The minimum Gasteiger partial charge on any atom is -0.491 e. The van der Waals surface area contributed by atoms with Crippen LogP contribution in [0.15, 0.2) is 72.8 Å². The van der Waals surface area contributed by atoms with Crippen LogP contribution < -0.4 is 15.4 Å². The molecule has 3 aromatic carbocycles. The molecule has 3 N–H and O–H groups in total. The molecule has 1 aliphatic carbocycles. The van der Waals surface area contributed by atoms with Crippen LogP contribution in [0.1, 0.15) is 37.3 Å². The molecule has 0 bridgehead atoms. The Morgan fingerprint density at radius 3 is 2.38 bits per heavy atom. The maximum absolute atomic E-state index is 13.0. The number of nitrogens with one attached hydrogen (secondary N) is 3. The van der Waals surface area contributed by atoms with E-state index >= 15 is 0 Å². The summed E-state index contributed by atoms with van der Waals surface area (Å²) in [5.41, 5.74) is 3.45. The number of amides is 1. The van der Waals surface area contributed by atoms with Crippen LogP contribution in [0.5, 0.6) is 5.75 Å². The molecule has 3 aromatic rings. The topological polar surface area (TPSA) is 74.2 Å². The van der Waals surface area contributed by atoms with E-state index in [9.17, 15) is 9.18 Å². The first-order valence-electron chi connectivity index (χ1n) is 11.6. The lowest BCUT2D eigenvalue weighted by Crippen LogP contribution is -2.42. The lowest BCUT2D eigenvalue weighted by atomic mass is 9.84. The summed E-state index contributed by atoms with van der Waals surface area (Å²) in [7, 11) is 0. The van der Waals surface area contributed by atoms with Gasteiger partial charge in [0.2, 0.25) is 5.91 Å². The van der Waals surface area contributed by atoms with Gasteiger partial charge in [0.15, 0.2) is 0 Å². The first-order chi connectivity index (χ1) is 16.4. The van der Waals surface area contributed by atoms with Crippen molar-refractivity contribution in [1.29, 1.82) is 5.41 Å². The summed E-state index contributed by atoms with van der Waals surface area (Å²) in [5, 5.41) is 13.8. The molecule has 0 spiro atoms. The number of rotatable bonds is 8. The molecule has 0 radical (unpaired) electrons. The van der Waals surface area contributed by atoms with Gasteiger partial charge in [-0.3, -0.25) is 4.79 Å². The van der Waals surface area contributed by atoms with Crippen molar-refractivity contribution >= 4 is 23.5 Å². The SMILES string of the molecule is CC(COc1ccc(Nc2ccc(F)cc2)c(C=N)c1)NC(=O)C1CCC1.Cc1ccccc1. The number of ether oxygens (including phenoxy) is 1. The molecule has 1 amide bonds.